The first-order valence-electron chi connectivity index (χ1n) is 5.14. The molecule has 0 aliphatic heterocycles. The first-order chi connectivity index (χ1) is 7.75. The Kier molecular flexibility index (Phi) is 3.22. The number of aromatic nitrogens is 2. The quantitative estimate of drug-likeness (QED) is 0.793. The molecule has 16 heavy (non-hydrogen) atoms. The molecule has 4 nitrogen and oxygen atoms in total. The number of benzene rings is 1. The highest BCUT2D eigenvalue weighted by atomic mass is 16.5. The van der Waals surface area contributed by atoms with Crippen molar-refractivity contribution >= 4 is 5.69 Å². The van der Waals surface area contributed by atoms with Crippen molar-refractivity contribution in [2.45, 2.75) is 13.2 Å². The average molecular weight is 217 g/mol. The molecule has 0 bridgehead atoms. The van der Waals surface area contributed by atoms with Crippen LogP contribution >= 0.6 is 0 Å². The molecule has 2 rings (SSSR count). The topological polar surface area (TPSA) is 53.1 Å². The number of hydrogen-bond acceptors (Lipinski definition) is 3. The van der Waals surface area contributed by atoms with E-state index in [9.17, 15) is 0 Å². The summed E-state index contributed by atoms with van der Waals surface area (Å²) in [4.78, 5) is 4.18. The smallest absolute Gasteiger partial charge is 0.134 e. The second kappa shape index (κ2) is 4.81. The Morgan fingerprint density at radius 1 is 1.38 bits per heavy atom. The number of nitrogen functional groups attached to an aromatic ring is 1. The third kappa shape index (κ3) is 2.61. The Hall–Kier alpha value is -1.81. The fourth-order valence-electron chi connectivity index (χ4n) is 1.48. The predicted octanol–water partition coefficient (Wildman–Crippen LogP) is 1.72. The number of rotatable bonds is 4. The third-order valence-corrected chi connectivity index (χ3v) is 2.37. The van der Waals surface area contributed by atoms with Crippen LogP contribution in [0.15, 0.2) is 36.7 Å². The molecule has 0 saturated carbocycles. The first kappa shape index (κ1) is 10.7. The number of anilines is 1. The Balaban J connectivity index is 1.87. The van der Waals surface area contributed by atoms with E-state index < -0.39 is 0 Å². The molecule has 4 heteroatoms. The van der Waals surface area contributed by atoms with Gasteiger partial charge in [0.1, 0.15) is 12.4 Å². The van der Waals surface area contributed by atoms with Gasteiger partial charge in [0, 0.05) is 25.1 Å². The van der Waals surface area contributed by atoms with Gasteiger partial charge in [0.05, 0.1) is 6.61 Å². The summed E-state index contributed by atoms with van der Waals surface area (Å²) in [6.07, 6.45) is 3.67. The fraction of sp³-hybridized carbons (Fsp3) is 0.250. The molecular formula is C12H15N3O. The van der Waals surface area contributed by atoms with E-state index in [0.29, 0.717) is 13.2 Å². The van der Waals surface area contributed by atoms with Crippen molar-refractivity contribution in [1.29, 1.82) is 0 Å². The van der Waals surface area contributed by atoms with Crippen LogP contribution in [0.25, 0.3) is 0 Å². The molecule has 2 N–H and O–H groups in total. The third-order valence-electron chi connectivity index (χ3n) is 2.37. The van der Waals surface area contributed by atoms with E-state index in [1.807, 2.05) is 42.1 Å². The van der Waals surface area contributed by atoms with Gasteiger partial charge >= 0.3 is 0 Å². The van der Waals surface area contributed by atoms with Gasteiger partial charge in [-0.05, 0) is 17.7 Å². The fourth-order valence-corrected chi connectivity index (χ4v) is 1.48. The summed E-state index contributed by atoms with van der Waals surface area (Å²) in [5.41, 5.74) is 7.52. The summed E-state index contributed by atoms with van der Waals surface area (Å²) in [6, 6.07) is 7.70. The number of nitrogens with two attached hydrogens (primary N) is 1. The maximum Gasteiger partial charge on any atom is 0.134 e. The number of nitrogens with zero attached hydrogens (tertiary/aromatic N) is 2. The van der Waals surface area contributed by atoms with Crippen molar-refractivity contribution < 1.29 is 4.74 Å². The van der Waals surface area contributed by atoms with E-state index >= 15 is 0 Å². The van der Waals surface area contributed by atoms with Crippen molar-refractivity contribution in [3.8, 4) is 0 Å². The van der Waals surface area contributed by atoms with Crippen LogP contribution in [0.4, 0.5) is 5.69 Å². The van der Waals surface area contributed by atoms with Crippen LogP contribution in [-0.2, 0) is 25.0 Å². The molecule has 0 unspecified atom stereocenters. The maximum atomic E-state index is 5.68. The summed E-state index contributed by atoms with van der Waals surface area (Å²) in [5, 5.41) is 0. The maximum absolute atomic E-state index is 5.68. The SMILES string of the molecule is Cn1ccnc1COCc1cccc(N)c1. The summed E-state index contributed by atoms with van der Waals surface area (Å²) >= 11 is 0. The number of hydrogen-bond donors (Lipinski definition) is 1. The lowest BCUT2D eigenvalue weighted by Gasteiger charge is -2.05. The Bertz CT molecular complexity index is 465. The van der Waals surface area contributed by atoms with Crippen molar-refractivity contribution in [1.82, 2.24) is 9.55 Å². The van der Waals surface area contributed by atoms with Gasteiger partial charge in [-0.3, -0.25) is 0 Å². The number of imidazole rings is 1. The molecule has 0 aliphatic carbocycles. The summed E-state index contributed by atoms with van der Waals surface area (Å²) in [7, 11) is 1.95. The van der Waals surface area contributed by atoms with Crippen LogP contribution in [0.5, 0.6) is 0 Å². The van der Waals surface area contributed by atoms with Gasteiger partial charge in [-0.25, -0.2) is 4.98 Å². The molecule has 84 valence electrons. The minimum Gasteiger partial charge on any atom is -0.399 e. The molecular weight excluding hydrogens is 202 g/mol. The minimum absolute atomic E-state index is 0.512. The molecule has 0 radical (unpaired) electrons. The van der Waals surface area contributed by atoms with E-state index in [4.69, 9.17) is 10.5 Å². The standard InChI is InChI=1S/C12H15N3O/c1-15-6-5-14-12(15)9-16-8-10-3-2-4-11(13)7-10/h2-7H,8-9,13H2,1H3. The second-order valence-electron chi connectivity index (χ2n) is 3.69. The highest BCUT2D eigenvalue weighted by Gasteiger charge is 1.99. The Morgan fingerprint density at radius 2 is 2.25 bits per heavy atom. The molecule has 1 aromatic carbocycles. The largest absolute Gasteiger partial charge is 0.399 e. The second-order valence-corrected chi connectivity index (χ2v) is 3.69. The Morgan fingerprint density at radius 3 is 2.94 bits per heavy atom. The van der Waals surface area contributed by atoms with Gasteiger partial charge in [-0.15, -0.1) is 0 Å². The number of aryl methyl sites for hydroxylation is 1. The van der Waals surface area contributed by atoms with E-state index in [2.05, 4.69) is 4.98 Å². The van der Waals surface area contributed by atoms with Gasteiger partial charge in [0.2, 0.25) is 0 Å². The molecule has 0 atom stereocenters. The summed E-state index contributed by atoms with van der Waals surface area (Å²) in [6.45, 7) is 1.07. The van der Waals surface area contributed by atoms with Crippen LogP contribution in [0, 0.1) is 0 Å². The van der Waals surface area contributed by atoms with Crippen molar-refractivity contribution in [2.75, 3.05) is 5.73 Å². The zero-order chi connectivity index (χ0) is 11.4. The highest BCUT2D eigenvalue weighted by molar-refractivity contribution is 5.40. The summed E-state index contributed by atoms with van der Waals surface area (Å²) in [5.74, 6) is 0.920. The molecule has 2 aromatic rings. The zero-order valence-electron chi connectivity index (χ0n) is 9.26. The van der Waals surface area contributed by atoms with E-state index in [1.165, 1.54) is 0 Å². The van der Waals surface area contributed by atoms with Crippen molar-refractivity contribution in [3.05, 3.63) is 48.0 Å². The minimum atomic E-state index is 0.512. The van der Waals surface area contributed by atoms with Crippen molar-refractivity contribution in [3.63, 3.8) is 0 Å². The van der Waals surface area contributed by atoms with Gasteiger partial charge in [0.25, 0.3) is 0 Å². The first-order valence-corrected chi connectivity index (χ1v) is 5.14. The summed E-state index contributed by atoms with van der Waals surface area (Å²) < 4.78 is 7.50. The van der Waals surface area contributed by atoms with E-state index in [1.54, 1.807) is 6.20 Å². The highest BCUT2D eigenvalue weighted by Crippen LogP contribution is 2.08. The molecule has 1 aromatic heterocycles. The van der Waals surface area contributed by atoms with Crippen LogP contribution in [-0.4, -0.2) is 9.55 Å². The lowest BCUT2D eigenvalue weighted by Crippen LogP contribution is -2.01. The van der Waals surface area contributed by atoms with Gasteiger partial charge < -0.3 is 15.0 Å². The normalized spacial score (nSPS) is 10.6. The molecule has 0 fully saturated rings. The van der Waals surface area contributed by atoms with E-state index in [-0.39, 0.29) is 0 Å². The van der Waals surface area contributed by atoms with Crippen molar-refractivity contribution in [2.24, 2.45) is 7.05 Å². The van der Waals surface area contributed by atoms with Gasteiger partial charge in [-0.2, -0.15) is 0 Å². The van der Waals surface area contributed by atoms with E-state index in [0.717, 1.165) is 17.1 Å². The molecule has 0 amide bonds. The molecule has 0 spiro atoms. The lowest BCUT2D eigenvalue weighted by molar-refractivity contribution is 0.1000. The van der Waals surface area contributed by atoms with Crippen LogP contribution < -0.4 is 5.73 Å². The van der Waals surface area contributed by atoms with Crippen LogP contribution in [0.3, 0.4) is 0 Å². The monoisotopic (exact) mass is 217 g/mol. The Labute approximate surface area is 94.7 Å². The van der Waals surface area contributed by atoms with Crippen LogP contribution in [0.1, 0.15) is 11.4 Å². The van der Waals surface area contributed by atoms with Gasteiger partial charge in [0.15, 0.2) is 0 Å². The average Bonchev–Trinajstić information content (AvgIpc) is 2.65. The van der Waals surface area contributed by atoms with Crippen LogP contribution in [0.2, 0.25) is 0 Å². The molecule has 0 aliphatic rings. The molecule has 0 saturated heterocycles. The number of ether oxygens (including phenoxy) is 1. The molecule has 1 heterocycles. The zero-order valence-corrected chi connectivity index (χ0v) is 9.26. The van der Waals surface area contributed by atoms with Gasteiger partial charge in [-0.1, -0.05) is 12.1 Å². The lowest BCUT2D eigenvalue weighted by atomic mass is 10.2. The predicted molar refractivity (Wildman–Crippen MR) is 62.6 cm³/mol.